The Bertz CT molecular complexity index is 180. The van der Waals surface area contributed by atoms with E-state index in [0.717, 1.165) is 31.8 Å². The molecule has 0 spiro atoms. The summed E-state index contributed by atoms with van der Waals surface area (Å²) >= 11 is 0. The lowest BCUT2D eigenvalue weighted by Gasteiger charge is -1.99. The molecule has 0 aliphatic rings. The minimum atomic E-state index is -0.891. The van der Waals surface area contributed by atoms with Crippen molar-refractivity contribution in [2.75, 3.05) is 13.2 Å². The van der Waals surface area contributed by atoms with Gasteiger partial charge in [0.25, 0.3) is 0 Å². The van der Waals surface area contributed by atoms with Crippen LogP contribution in [0.15, 0.2) is 12.2 Å². The van der Waals surface area contributed by atoms with Crippen molar-refractivity contribution in [1.29, 1.82) is 0 Å². The first-order chi connectivity index (χ1) is 8.68. The smallest absolute Gasteiger partial charge is 0.327 e. The lowest BCUT2D eigenvalue weighted by atomic mass is 10.1. The number of carbonyl (C=O) groups is 1. The molecule has 0 saturated heterocycles. The van der Waals surface area contributed by atoms with Crippen molar-refractivity contribution in [1.82, 2.24) is 0 Å². The molecule has 0 aromatic carbocycles. The first-order valence-corrected chi connectivity index (χ1v) is 6.76. The van der Waals surface area contributed by atoms with Gasteiger partial charge in [0.15, 0.2) is 0 Å². The quantitative estimate of drug-likeness (QED) is 0.417. The van der Waals surface area contributed by atoms with Crippen LogP contribution in [0.3, 0.4) is 0 Å². The molecule has 0 rings (SSSR count). The third kappa shape index (κ3) is 24.4. The monoisotopic (exact) mass is 260 g/mol. The topological polar surface area (TPSA) is 77.8 Å². The molecule has 0 saturated carbocycles. The summed E-state index contributed by atoms with van der Waals surface area (Å²) in [5.41, 5.74) is 0. The Hall–Kier alpha value is -0.870. The minimum Gasteiger partial charge on any atom is -0.478 e. The van der Waals surface area contributed by atoms with Crippen molar-refractivity contribution in [2.45, 2.75) is 58.3 Å². The van der Waals surface area contributed by atoms with Crippen LogP contribution < -0.4 is 0 Å². The summed E-state index contributed by atoms with van der Waals surface area (Å²) in [7, 11) is 0. The van der Waals surface area contributed by atoms with Crippen molar-refractivity contribution in [3.63, 3.8) is 0 Å². The molecule has 0 aliphatic heterocycles. The molecule has 18 heavy (non-hydrogen) atoms. The van der Waals surface area contributed by atoms with Crippen LogP contribution in [0.5, 0.6) is 0 Å². The van der Waals surface area contributed by atoms with Gasteiger partial charge in [-0.05, 0) is 19.8 Å². The van der Waals surface area contributed by atoms with E-state index in [0.29, 0.717) is 13.2 Å². The van der Waals surface area contributed by atoms with Gasteiger partial charge in [-0.15, -0.1) is 0 Å². The van der Waals surface area contributed by atoms with Crippen LogP contribution in [0, 0.1) is 0 Å². The van der Waals surface area contributed by atoms with E-state index in [9.17, 15) is 4.79 Å². The number of allylic oxidation sites excluding steroid dienone is 1. The summed E-state index contributed by atoms with van der Waals surface area (Å²) < 4.78 is 0. The largest absolute Gasteiger partial charge is 0.478 e. The SMILES string of the molecule is CC=CC(=O)O.OCCCCCCCCCCO. The van der Waals surface area contributed by atoms with Gasteiger partial charge in [-0.25, -0.2) is 4.79 Å². The second kappa shape index (κ2) is 18.5. The molecule has 4 nitrogen and oxygen atoms in total. The molecule has 0 atom stereocenters. The number of aliphatic carboxylic acids is 1. The van der Waals surface area contributed by atoms with Crippen molar-refractivity contribution in [3.05, 3.63) is 12.2 Å². The van der Waals surface area contributed by atoms with E-state index in [1.807, 2.05) is 0 Å². The fraction of sp³-hybridized carbons (Fsp3) is 0.786. The Morgan fingerprint density at radius 3 is 1.33 bits per heavy atom. The molecule has 3 N–H and O–H groups in total. The van der Waals surface area contributed by atoms with Gasteiger partial charge in [-0.3, -0.25) is 0 Å². The lowest BCUT2D eigenvalue weighted by Crippen LogP contribution is -1.85. The maximum Gasteiger partial charge on any atom is 0.327 e. The van der Waals surface area contributed by atoms with Crippen LogP contribution in [0.2, 0.25) is 0 Å². The summed E-state index contributed by atoms with van der Waals surface area (Å²) in [6, 6.07) is 0. The van der Waals surface area contributed by atoms with Crippen molar-refractivity contribution in [3.8, 4) is 0 Å². The highest BCUT2D eigenvalue weighted by Gasteiger charge is 1.90. The number of aliphatic hydroxyl groups is 2. The van der Waals surface area contributed by atoms with E-state index in [-0.39, 0.29) is 0 Å². The average Bonchev–Trinajstić information content (AvgIpc) is 2.33. The maximum atomic E-state index is 9.51. The Labute approximate surface area is 110 Å². The molecule has 0 bridgehead atoms. The van der Waals surface area contributed by atoms with Crippen molar-refractivity contribution in [2.24, 2.45) is 0 Å². The molecule has 0 radical (unpaired) electrons. The van der Waals surface area contributed by atoms with Gasteiger partial charge in [0.1, 0.15) is 0 Å². The third-order valence-corrected chi connectivity index (χ3v) is 2.38. The van der Waals surface area contributed by atoms with Gasteiger partial charge >= 0.3 is 5.97 Å². The summed E-state index contributed by atoms with van der Waals surface area (Å²) in [5.74, 6) is -0.891. The Morgan fingerprint density at radius 1 is 0.833 bits per heavy atom. The van der Waals surface area contributed by atoms with Gasteiger partial charge in [0, 0.05) is 19.3 Å². The molecule has 0 aromatic rings. The molecule has 0 unspecified atom stereocenters. The number of carboxylic acid groups (broad SMARTS) is 1. The lowest BCUT2D eigenvalue weighted by molar-refractivity contribution is -0.131. The zero-order valence-electron chi connectivity index (χ0n) is 11.5. The first-order valence-electron chi connectivity index (χ1n) is 6.76. The number of hydrogen-bond donors (Lipinski definition) is 3. The zero-order valence-corrected chi connectivity index (χ0v) is 11.5. The third-order valence-electron chi connectivity index (χ3n) is 2.38. The van der Waals surface area contributed by atoms with Crippen LogP contribution in [-0.4, -0.2) is 34.5 Å². The predicted octanol–water partition coefficient (Wildman–Crippen LogP) is 2.74. The number of aliphatic hydroxyl groups excluding tert-OH is 2. The van der Waals surface area contributed by atoms with Gasteiger partial charge < -0.3 is 15.3 Å². The second-order valence-corrected chi connectivity index (χ2v) is 4.11. The molecular formula is C14H28O4. The molecule has 4 heteroatoms. The van der Waals surface area contributed by atoms with Gasteiger partial charge in [0.2, 0.25) is 0 Å². The van der Waals surface area contributed by atoms with Crippen LogP contribution in [-0.2, 0) is 4.79 Å². The van der Waals surface area contributed by atoms with Crippen LogP contribution in [0.25, 0.3) is 0 Å². The normalized spacial score (nSPS) is 10.2. The summed E-state index contributed by atoms with van der Waals surface area (Å²) in [6.45, 7) is 2.34. The Balaban J connectivity index is 0. The Morgan fingerprint density at radius 2 is 1.17 bits per heavy atom. The van der Waals surface area contributed by atoms with Crippen molar-refractivity contribution >= 4 is 5.97 Å². The highest BCUT2D eigenvalue weighted by molar-refractivity contribution is 5.79. The number of carboxylic acids is 1. The zero-order chi connectivity index (χ0) is 14.1. The van der Waals surface area contributed by atoms with E-state index in [2.05, 4.69) is 0 Å². The number of rotatable bonds is 10. The summed E-state index contributed by atoms with van der Waals surface area (Å²) in [4.78, 5) is 9.51. The van der Waals surface area contributed by atoms with Crippen molar-refractivity contribution < 1.29 is 20.1 Å². The van der Waals surface area contributed by atoms with Crippen LogP contribution in [0.4, 0.5) is 0 Å². The molecular weight excluding hydrogens is 232 g/mol. The molecule has 108 valence electrons. The predicted molar refractivity (Wildman–Crippen MR) is 73.6 cm³/mol. The molecule has 0 heterocycles. The molecule has 0 amide bonds. The highest BCUT2D eigenvalue weighted by atomic mass is 16.4. The highest BCUT2D eigenvalue weighted by Crippen LogP contribution is 2.07. The van der Waals surface area contributed by atoms with E-state index in [1.54, 1.807) is 6.92 Å². The van der Waals surface area contributed by atoms with Gasteiger partial charge in [0.05, 0.1) is 0 Å². The maximum absolute atomic E-state index is 9.51. The van der Waals surface area contributed by atoms with E-state index in [4.69, 9.17) is 15.3 Å². The fourth-order valence-corrected chi connectivity index (χ4v) is 1.43. The standard InChI is InChI=1S/C10H22O2.C4H6O2/c11-9-7-5-3-1-2-4-6-8-10-12;1-2-3-4(5)6/h11-12H,1-10H2;2-3H,1H3,(H,5,6). The first kappa shape index (κ1) is 19.5. The molecule has 0 aliphatic carbocycles. The Kier molecular flexibility index (Phi) is 20.0. The van der Waals surface area contributed by atoms with E-state index in [1.165, 1.54) is 31.8 Å². The molecule has 0 fully saturated rings. The fourth-order valence-electron chi connectivity index (χ4n) is 1.43. The number of unbranched alkanes of at least 4 members (excludes halogenated alkanes) is 7. The molecule has 0 aromatic heterocycles. The number of hydrogen-bond acceptors (Lipinski definition) is 3. The van der Waals surface area contributed by atoms with Gasteiger partial charge in [-0.1, -0.05) is 44.6 Å². The summed E-state index contributed by atoms with van der Waals surface area (Å²) in [6.07, 6.45) is 11.9. The van der Waals surface area contributed by atoms with E-state index >= 15 is 0 Å². The minimum absolute atomic E-state index is 0.338. The average molecular weight is 260 g/mol. The van der Waals surface area contributed by atoms with Gasteiger partial charge in [-0.2, -0.15) is 0 Å². The van der Waals surface area contributed by atoms with E-state index < -0.39 is 5.97 Å². The second-order valence-electron chi connectivity index (χ2n) is 4.11. The summed E-state index contributed by atoms with van der Waals surface area (Å²) in [5, 5.41) is 24.8. The van der Waals surface area contributed by atoms with Crippen LogP contribution in [0.1, 0.15) is 58.3 Å². The van der Waals surface area contributed by atoms with Crippen LogP contribution >= 0.6 is 0 Å².